The van der Waals surface area contributed by atoms with E-state index >= 15 is 0 Å². The first-order chi connectivity index (χ1) is 14.7. The number of hydrogen-bond donors (Lipinski definition) is 2. The highest BCUT2D eigenvalue weighted by molar-refractivity contribution is 5.77. The summed E-state index contributed by atoms with van der Waals surface area (Å²) < 4.78 is 5.41. The summed E-state index contributed by atoms with van der Waals surface area (Å²) >= 11 is 0. The molecule has 0 spiro atoms. The third-order valence-electron chi connectivity index (χ3n) is 5.94. The summed E-state index contributed by atoms with van der Waals surface area (Å²) in [6.07, 6.45) is 1.68. The number of nitrogens with one attached hydrogen (secondary N) is 2. The SMILES string of the molecule is C[NH+](CC(=O)N1CC[NH+](C(c2ccccc2)c2ccccc2)CC1)Cc1ccco1. The standard InChI is InChI=1S/C25H29N3O2/c1-26(19-23-13-8-18-30-23)20-24(29)27-14-16-28(17-15-27)25(21-9-4-2-5-10-21)22-11-6-3-7-12-22/h2-13,18,25H,14-17,19-20H2,1H3/p+2. The molecule has 2 N–H and O–H groups in total. The number of hydrogen-bond acceptors (Lipinski definition) is 2. The molecule has 156 valence electrons. The van der Waals surface area contributed by atoms with E-state index in [4.69, 9.17) is 4.42 Å². The van der Waals surface area contributed by atoms with Gasteiger partial charge in [-0.15, -0.1) is 0 Å². The molecule has 4 rings (SSSR count). The molecule has 2 aromatic carbocycles. The van der Waals surface area contributed by atoms with Gasteiger partial charge in [-0.1, -0.05) is 60.7 Å². The molecule has 1 unspecified atom stereocenters. The molecule has 30 heavy (non-hydrogen) atoms. The van der Waals surface area contributed by atoms with Gasteiger partial charge in [-0.05, 0) is 12.1 Å². The molecular formula is C25H31N3O2+2. The Morgan fingerprint density at radius 3 is 2.10 bits per heavy atom. The van der Waals surface area contributed by atoms with E-state index < -0.39 is 0 Å². The third kappa shape index (κ3) is 4.99. The van der Waals surface area contributed by atoms with Crippen molar-refractivity contribution in [2.75, 3.05) is 39.8 Å². The molecular weight excluding hydrogens is 374 g/mol. The van der Waals surface area contributed by atoms with Gasteiger partial charge in [0.15, 0.2) is 12.3 Å². The molecule has 1 aliphatic heterocycles. The predicted octanol–water partition coefficient (Wildman–Crippen LogP) is 0.811. The largest absolute Gasteiger partial charge is 0.463 e. The zero-order chi connectivity index (χ0) is 20.8. The normalized spacial score (nSPS) is 16.0. The van der Waals surface area contributed by atoms with E-state index in [1.807, 2.05) is 24.1 Å². The van der Waals surface area contributed by atoms with Crippen LogP contribution in [0.15, 0.2) is 83.5 Å². The zero-order valence-corrected chi connectivity index (χ0v) is 17.6. The number of piperazine rings is 1. The van der Waals surface area contributed by atoms with Crippen LogP contribution in [0, 0.1) is 0 Å². The summed E-state index contributed by atoms with van der Waals surface area (Å²) in [5.74, 6) is 1.15. The number of carbonyl (C=O) groups excluding carboxylic acids is 1. The monoisotopic (exact) mass is 405 g/mol. The lowest BCUT2D eigenvalue weighted by atomic mass is 9.96. The van der Waals surface area contributed by atoms with Crippen molar-refractivity contribution in [2.24, 2.45) is 0 Å². The minimum absolute atomic E-state index is 0.231. The smallest absolute Gasteiger partial charge is 0.278 e. The number of likely N-dealkylation sites (N-methyl/N-ethyl adjacent to an activating group) is 1. The summed E-state index contributed by atoms with van der Waals surface area (Å²) in [4.78, 5) is 17.5. The molecule has 1 aliphatic rings. The van der Waals surface area contributed by atoms with Crippen molar-refractivity contribution in [1.29, 1.82) is 0 Å². The van der Waals surface area contributed by atoms with Gasteiger partial charge < -0.3 is 19.1 Å². The average Bonchev–Trinajstić information content (AvgIpc) is 3.29. The molecule has 0 radical (unpaired) electrons. The number of amides is 1. The molecule has 1 saturated heterocycles. The number of furan rings is 1. The van der Waals surface area contributed by atoms with Crippen LogP contribution in [0.2, 0.25) is 0 Å². The Labute approximate surface area is 178 Å². The lowest BCUT2D eigenvalue weighted by Gasteiger charge is -2.37. The van der Waals surface area contributed by atoms with Crippen molar-refractivity contribution in [3.05, 3.63) is 95.9 Å². The van der Waals surface area contributed by atoms with Crippen LogP contribution >= 0.6 is 0 Å². The van der Waals surface area contributed by atoms with Gasteiger partial charge in [0.05, 0.1) is 39.5 Å². The van der Waals surface area contributed by atoms with Crippen LogP contribution in [-0.2, 0) is 11.3 Å². The maximum atomic E-state index is 12.8. The molecule has 0 bridgehead atoms. The molecule has 3 aromatic rings. The van der Waals surface area contributed by atoms with E-state index in [9.17, 15) is 4.79 Å². The van der Waals surface area contributed by atoms with Crippen molar-refractivity contribution < 1.29 is 19.0 Å². The molecule has 1 amide bonds. The quantitative estimate of drug-likeness (QED) is 0.611. The molecule has 0 saturated carbocycles. The Hall–Kier alpha value is -2.89. The van der Waals surface area contributed by atoms with Gasteiger partial charge in [-0.2, -0.15) is 0 Å². The lowest BCUT2D eigenvalue weighted by Crippen LogP contribution is -3.15. The first-order valence-corrected chi connectivity index (χ1v) is 10.8. The number of rotatable bonds is 7. The van der Waals surface area contributed by atoms with Crippen LogP contribution in [0.1, 0.15) is 22.9 Å². The first-order valence-electron chi connectivity index (χ1n) is 10.8. The molecule has 1 atom stereocenters. The van der Waals surface area contributed by atoms with E-state index in [0.29, 0.717) is 12.6 Å². The van der Waals surface area contributed by atoms with Crippen molar-refractivity contribution in [1.82, 2.24) is 4.90 Å². The molecule has 2 heterocycles. The highest BCUT2D eigenvalue weighted by atomic mass is 16.3. The first kappa shape index (κ1) is 20.4. The highest BCUT2D eigenvalue weighted by Crippen LogP contribution is 2.19. The summed E-state index contributed by atoms with van der Waals surface area (Å²) in [5.41, 5.74) is 2.67. The van der Waals surface area contributed by atoms with E-state index in [2.05, 4.69) is 60.7 Å². The van der Waals surface area contributed by atoms with Crippen molar-refractivity contribution in [3.8, 4) is 0 Å². The minimum atomic E-state index is 0.231. The van der Waals surface area contributed by atoms with E-state index in [0.717, 1.165) is 43.4 Å². The Kier molecular flexibility index (Phi) is 6.62. The fourth-order valence-electron chi connectivity index (χ4n) is 4.43. The summed E-state index contributed by atoms with van der Waals surface area (Å²) in [7, 11) is 2.04. The summed E-state index contributed by atoms with van der Waals surface area (Å²) in [6, 6.07) is 25.6. The zero-order valence-electron chi connectivity index (χ0n) is 17.6. The molecule has 5 nitrogen and oxygen atoms in total. The van der Waals surface area contributed by atoms with Crippen LogP contribution in [-0.4, -0.2) is 50.6 Å². The van der Waals surface area contributed by atoms with Gasteiger partial charge in [-0.25, -0.2) is 0 Å². The van der Waals surface area contributed by atoms with Crippen LogP contribution < -0.4 is 9.80 Å². The topological polar surface area (TPSA) is 42.3 Å². The fraction of sp³-hybridized carbons (Fsp3) is 0.320. The lowest BCUT2D eigenvalue weighted by molar-refractivity contribution is -0.929. The third-order valence-corrected chi connectivity index (χ3v) is 5.94. The summed E-state index contributed by atoms with van der Waals surface area (Å²) in [5, 5.41) is 0. The van der Waals surface area contributed by atoms with Gasteiger partial charge in [-0.3, -0.25) is 4.79 Å². The maximum absolute atomic E-state index is 12.8. The second-order valence-electron chi connectivity index (χ2n) is 8.18. The molecule has 1 fully saturated rings. The van der Waals surface area contributed by atoms with Gasteiger partial charge in [0, 0.05) is 11.1 Å². The number of nitrogens with zero attached hydrogens (tertiary/aromatic N) is 1. The van der Waals surface area contributed by atoms with Crippen molar-refractivity contribution in [3.63, 3.8) is 0 Å². The fourth-order valence-corrected chi connectivity index (χ4v) is 4.43. The Morgan fingerprint density at radius 2 is 1.57 bits per heavy atom. The molecule has 1 aromatic heterocycles. The Balaban J connectivity index is 1.38. The van der Waals surface area contributed by atoms with Crippen LogP contribution in [0.3, 0.4) is 0 Å². The minimum Gasteiger partial charge on any atom is -0.463 e. The maximum Gasteiger partial charge on any atom is 0.278 e. The van der Waals surface area contributed by atoms with E-state index in [-0.39, 0.29) is 5.91 Å². The van der Waals surface area contributed by atoms with Crippen LogP contribution in [0.4, 0.5) is 0 Å². The van der Waals surface area contributed by atoms with Crippen LogP contribution in [0.25, 0.3) is 0 Å². The Morgan fingerprint density at radius 1 is 0.967 bits per heavy atom. The average molecular weight is 406 g/mol. The second-order valence-corrected chi connectivity index (χ2v) is 8.18. The Bertz CT molecular complexity index is 865. The predicted molar refractivity (Wildman–Crippen MR) is 116 cm³/mol. The van der Waals surface area contributed by atoms with Gasteiger partial charge in [0.2, 0.25) is 0 Å². The van der Waals surface area contributed by atoms with Gasteiger partial charge in [0.25, 0.3) is 5.91 Å². The number of carbonyl (C=O) groups is 1. The van der Waals surface area contributed by atoms with E-state index in [1.165, 1.54) is 16.0 Å². The van der Waals surface area contributed by atoms with Crippen LogP contribution in [0.5, 0.6) is 0 Å². The van der Waals surface area contributed by atoms with Crippen molar-refractivity contribution >= 4 is 5.91 Å². The molecule has 5 heteroatoms. The van der Waals surface area contributed by atoms with Gasteiger partial charge >= 0.3 is 0 Å². The van der Waals surface area contributed by atoms with E-state index in [1.54, 1.807) is 6.26 Å². The number of quaternary nitrogens is 2. The van der Waals surface area contributed by atoms with Crippen molar-refractivity contribution in [2.45, 2.75) is 12.6 Å². The number of benzene rings is 2. The van der Waals surface area contributed by atoms with Gasteiger partial charge in [0.1, 0.15) is 12.6 Å². The highest BCUT2D eigenvalue weighted by Gasteiger charge is 2.32. The summed E-state index contributed by atoms with van der Waals surface area (Å²) in [6.45, 7) is 4.75. The molecule has 0 aliphatic carbocycles. The second kappa shape index (κ2) is 9.74.